The molecule has 0 amide bonds. The maximum Gasteiger partial charge on any atom is 0.118 e. The maximum atomic E-state index is 5.46. The molecule has 0 aromatic heterocycles. The molecule has 6 rings (SSSR count). The molecule has 1 aliphatic carbocycles. The van der Waals surface area contributed by atoms with E-state index in [9.17, 15) is 0 Å². The first-order chi connectivity index (χ1) is 16.6. The zero-order valence-corrected chi connectivity index (χ0v) is 20.1. The van der Waals surface area contributed by atoms with Crippen LogP contribution in [0.25, 0.3) is 0 Å². The second-order valence-corrected chi connectivity index (χ2v) is 10.0. The molecule has 2 aliphatic rings. The van der Waals surface area contributed by atoms with Crippen molar-refractivity contribution in [3.63, 3.8) is 0 Å². The zero-order chi connectivity index (χ0) is 23.3. The van der Waals surface area contributed by atoms with E-state index in [4.69, 9.17) is 4.74 Å². The molecule has 1 heterocycles. The molecular formula is C32H31NO. The van der Waals surface area contributed by atoms with E-state index in [0.717, 1.165) is 5.75 Å². The Labute approximate surface area is 202 Å². The predicted molar refractivity (Wildman–Crippen MR) is 140 cm³/mol. The van der Waals surface area contributed by atoms with Gasteiger partial charge in [-0.05, 0) is 67.1 Å². The van der Waals surface area contributed by atoms with Gasteiger partial charge in [-0.1, -0.05) is 90.0 Å². The van der Waals surface area contributed by atoms with Crippen LogP contribution in [-0.2, 0) is 5.41 Å². The van der Waals surface area contributed by atoms with Crippen LogP contribution >= 0.6 is 0 Å². The summed E-state index contributed by atoms with van der Waals surface area (Å²) in [4.78, 5) is 0. The fourth-order valence-electron chi connectivity index (χ4n) is 6.37. The van der Waals surface area contributed by atoms with Crippen LogP contribution in [0.4, 0.5) is 5.69 Å². The van der Waals surface area contributed by atoms with Gasteiger partial charge in [0.15, 0.2) is 0 Å². The second-order valence-electron chi connectivity index (χ2n) is 10.0. The molecule has 0 radical (unpaired) electrons. The summed E-state index contributed by atoms with van der Waals surface area (Å²) in [5, 5.41) is 3.98. The number of para-hydroxylation sites is 1. The number of hydrogen-bond donors (Lipinski definition) is 1. The Balaban J connectivity index is 1.67. The third-order valence-corrected chi connectivity index (χ3v) is 8.14. The lowest BCUT2D eigenvalue weighted by atomic mass is 9.54. The summed E-state index contributed by atoms with van der Waals surface area (Å²) >= 11 is 0. The summed E-state index contributed by atoms with van der Waals surface area (Å²) in [5.74, 6) is 0.896. The van der Waals surface area contributed by atoms with Crippen molar-refractivity contribution >= 4 is 5.69 Å². The molecule has 1 fully saturated rings. The largest absolute Gasteiger partial charge is 0.497 e. The minimum absolute atomic E-state index is 0.0421. The van der Waals surface area contributed by atoms with Gasteiger partial charge in [0.1, 0.15) is 5.75 Å². The van der Waals surface area contributed by atoms with Crippen LogP contribution in [0.5, 0.6) is 5.75 Å². The molecule has 170 valence electrons. The van der Waals surface area contributed by atoms with Gasteiger partial charge in [0.2, 0.25) is 0 Å². The lowest BCUT2D eigenvalue weighted by molar-refractivity contribution is 0.286. The molecule has 1 unspecified atom stereocenters. The summed E-state index contributed by atoms with van der Waals surface area (Å²) in [6, 6.07) is 36.3. The Morgan fingerprint density at radius 2 is 1.26 bits per heavy atom. The van der Waals surface area contributed by atoms with Crippen molar-refractivity contribution in [2.24, 2.45) is 5.41 Å². The zero-order valence-electron chi connectivity index (χ0n) is 20.1. The molecule has 4 aromatic carbocycles. The van der Waals surface area contributed by atoms with Crippen molar-refractivity contribution < 1.29 is 4.74 Å². The van der Waals surface area contributed by atoms with Gasteiger partial charge in [0, 0.05) is 11.1 Å². The average molecular weight is 446 g/mol. The highest BCUT2D eigenvalue weighted by molar-refractivity contribution is 5.70. The van der Waals surface area contributed by atoms with E-state index in [-0.39, 0.29) is 16.9 Å². The number of anilines is 1. The number of nitrogens with one attached hydrogen (secondary N) is 1. The minimum Gasteiger partial charge on any atom is -0.497 e. The summed E-state index contributed by atoms with van der Waals surface area (Å²) in [6.07, 6.45) is 2.35. The molecule has 2 heteroatoms. The number of ether oxygens (including phenoxy) is 1. The summed E-state index contributed by atoms with van der Waals surface area (Å²) in [5.41, 5.74) is 9.08. The number of methoxy groups -OCH3 is 1. The van der Waals surface area contributed by atoms with Crippen molar-refractivity contribution in [2.75, 3.05) is 12.4 Å². The highest BCUT2D eigenvalue weighted by atomic mass is 16.5. The first-order valence-electron chi connectivity index (χ1n) is 12.2. The predicted octanol–water partition coefficient (Wildman–Crippen LogP) is 7.59. The molecule has 34 heavy (non-hydrogen) atoms. The highest BCUT2D eigenvalue weighted by Gasteiger charge is 2.67. The number of hydrogen-bond acceptors (Lipinski definition) is 2. The smallest absolute Gasteiger partial charge is 0.118 e. The van der Waals surface area contributed by atoms with E-state index in [2.05, 4.69) is 116 Å². The fraction of sp³-hybridized carbons (Fsp3) is 0.250. The van der Waals surface area contributed by atoms with Crippen molar-refractivity contribution in [2.45, 2.75) is 38.1 Å². The highest BCUT2D eigenvalue weighted by Crippen LogP contribution is 2.73. The Hall–Kier alpha value is -3.52. The van der Waals surface area contributed by atoms with Gasteiger partial charge in [-0.3, -0.25) is 0 Å². The van der Waals surface area contributed by atoms with Crippen molar-refractivity contribution in [3.05, 3.63) is 130 Å². The summed E-state index contributed by atoms with van der Waals surface area (Å²) in [7, 11) is 1.73. The molecule has 1 atom stereocenters. The third-order valence-electron chi connectivity index (χ3n) is 8.14. The number of benzene rings is 4. The lowest BCUT2D eigenvalue weighted by Crippen LogP contribution is -2.48. The molecule has 1 spiro atoms. The number of fused-ring (bicyclic) bond motifs is 1. The van der Waals surface area contributed by atoms with Crippen LogP contribution in [0.3, 0.4) is 0 Å². The standard InChI is InChI=1S/C32H31NO/c1-22-8-14-25(15-9-22)32(26-16-10-23(2)11-17-26)28-6-4-5-7-29(28)33-30(31(32)20-21-31)24-12-18-27(34-3)19-13-24/h4-19,30,33H,20-21H2,1-3H3. The Morgan fingerprint density at radius 3 is 1.79 bits per heavy atom. The lowest BCUT2D eigenvalue weighted by Gasteiger charge is -2.52. The van der Waals surface area contributed by atoms with E-state index in [1.807, 2.05) is 0 Å². The molecule has 2 nitrogen and oxygen atoms in total. The molecule has 4 aromatic rings. The van der Waals surface area contributed by atoms with E-state index < -0.39 is 0 Å². The fourth-order valence-corrected chi connectivity index (χ4v) is 6.37. The number of aryl methyl sites for hydroxylation is 2. The topological polar surface area (TPSA) is 21.3 Å². The molecule has 1 aliphatic heterocycles. The average Bonchev–Trinajstić information content (AvgIpc) is 3.67. The van der Waals surface area contributed by atoms with Crippen LogP contribution in [0, 0.1) is 19.3 Å². The van der Waals surface area contributed by atoms with Crippen molar-refractivity contribution in [3.8, 4) is 5.75 Å². The van der Waals surface area contributed by atoms with E-state index in [1.54, 1.807) is 7.11 Å². The number of rotatable bonds is 4. The van der Waals surface area contributed by atoms with E-state index in [0.29, 0.717) is 0 Å². The van der Waals surface area contributed by atoms with Gasteiger partial charge < -0.3 is 10.1 Å². The first-order valence-corrected chi connectivity index (χ1v) is 12.2. The Bertz CT molecular complexity index is 1270. The van der Waals surface area contributed by atoms with Crippen LogP contribution in [0.1, 0.15) is 52.3 Å². The van der Waals surface area contributed by atoms with E-state index >= 15 is 0 Å². The molecule has 0 bridgehead atoms. The SMILES string of the molecule is COc1ccc(C2Nc3ccccc3C(c3ccc(C)cc3)(c3ccc(C)cc3)C23CC3)cc1. The normalized spacial score (nSPS) is 19.2. The quantitative estimate of drug-likeness (QED) is 0.349. The monoisotopic (exact) mass is 445 g/mol. The summed E-state index contributed by atoms with van der Waals surface area (Å²) < 4.78 is 5.46. The molecule has 1 N–H and O–H groups in total. The van der Waals surface area contributed by atoms with Crippen LogP contribution in [0.2, 0.25) is 0 Å². The van der Waals surface area contributed by atoms with Crippen LogP contribution in [-0.4, -0.2) is 7.11 Å². The van der Waals surface area contributed by atoms with Gasteiger partial charge in [0.05, 0.1) is 18.6 Å². The maximum absolute atomic E-state index is 5.46. The van der Waals surface area contributed by atoms with Gasteiger partial charge in [0.25, 0.3) is 0 Å². The van der Waals surface area contributed by atoms with Crippen molar-refractivity contribution in [1.29, 1.82) is 0 Å². The minimum atomic E-state index is -0.235. The van der Waals surface area contributed by atoms with Gasteiger partial charge in [-0.25, -0.2) is 0 Å². The third kappa shape index (κ3) is 2.94. The Kier molecular flexibility index (Phi) is 4.81. The van der Waals surface area contributed by atoms with Crippen molar-refractivity contribution in [1.82, 2.24) is 0 Å². The first kappa shape index (κ1) is 21.0. The second kappa shape index (κ2) is 7.77. The molecular weight excluding hydrogens is 414 g/mol. The van der Waals surface area contributed by atoms with Gasteiger partial charge in [-0.15, -0.1) is 0 Å². The summed E-state index contributed by atoms with van der Waals surface area (Å²) in [6.45, 7) is 4.34. The molecule has 0 saturated heterocycles. The Morgan fingerprint density at radius 1 is 0.706 bits per heavy atom. The van der Waals surface area contributed by atoms with E-state index in [1.165, 1.54) is 51.9 Å². The van der Waals surface area contributed by atoms with Gasteiger partial charge in [-0.2, -0.15) is 0 Å². The van der Waals surface area contributed by atoms with Gasteiger partial charge >= 0.3 is 0 Å². The molecule has 1 saturated carbocycles. The van der Waals surface area contributed by atoms with Crippen LogP contribution < -0.4 is 10.1 Å². The van der Waals surface area contributed by atoms with Crippen LogP contribution in [0.15, 0.2) is 97.1 Å².